The predicted molar refractivity (Wildman–Crippen MR) is 129 cm³/mol. The van der Waals surface area contributed by atoms with E-state index in [1.807, 2.05) is 11.8 Å². The highest BCUT2D eigenvalue weighted by Crippen LogP contribution is 2.34. The summed E-state index contributed by atoms with van der Waals surface area (Å²) < 4.78 is 5.13. The lowest BCUT2D eigenvalue weighted by Crippen LogP contribution is -2.47. The van der Waals surface area contributed by atoms with Crippen molar-refractivity contribution in [3.63, 3.8) is 0 Å². The Morgan fingerprint density at radius 3 is 2.61 bits per heavy atom. The van der Waals surface area contributed by atoms with Crippen LogP contribution in [-0.2, 0) is 14.3 Å². The Kier molecular flexibility index (Phi) is 10.3. The van der Waals surface area contributed by atoms with Gasteiger partial charge in [-0.3, -0.25) is 19.3 Å². The molecule has 0 aliphatic carbocycles. The van der Waals surface area contributed by atoms with Crippen LogP contribution in [0.2, 0.25) is 0 Å². The van der Waals surface area contributed by atoms with Gasteiger partial charge in [0, 0.05) is 19.6 Å². The zero-order chi connectivity index (χ0) is 24.5. The first kappa shape index (κ1) is 26.8. The minimum absolute atomic E-state index is 0.0368. The van der Waals surface area contributed by atoms with Crippen LogP contribution in [0, 0.1) is 12.8 Å². The molecule has 0 radical (unpaired) electrons. The van der Waals surface area contributed by atoms with Crippen LogP contribution in [0.1, 0.15) is 72.0 Å². The highest BCUT2D eigenvalue weighted by molar-refractivity contribution is 7.18. The number of hydrogen-bond donors (Lipinski definition) is 3. The van der Waals surface area contributed by atoms with E-state index < -0.39 is 5.97 Å². The normalized spacial score (nSPS) is 17.2. The maximum atomic E-state index is 12.8. The summed E-state index contributed by atoms with van der Waals surface area (Å²) in [6, 6.07) is 0.138. The van der Waals surface area contributed by atoms with Gasteiger partial charge in [0.2, 0.25) is 11.8 Å². The largest absolute Gasteiger partial charge is 0.462 e. The third-order valence-electron chi connectivity index (χ3n) is 5.67. The summed E-state index contributed by atoms with van der Waals surface area (Å²) in [5.74, 6) is -1.32. The molecular weight excluding hydrogens is 444 g/mol. The second-order valence-electron chi connectivity index (χ2n) is 8.38. The molecule has 1 fully saturated rings. The summed E-state index contributed by atoms with van der Waals surface area (Å²) >= 11 is 1.05. The Balaban J connectivity index is 2.07. The molecule has 33 heavy (non-hydrogen) atoms. The number of anilines is 1. The zero-order valence-electron chi connectivity index (χ0n) is 20.2. The number of amides is 3. The monoisotopic (exact) mass is 480 g/mol. The van der Waals surface area contributed by atoms with Gasteiger partial charge >= 0.3 is 5.97 Å². The average molecular weight is 481 g/mol. The minimum atomic E-state index is -0.576. The molecule has 3 N–H and O–H groups in total. The van der Waals surface area contributed by atoms with Crippen LogP contribution in [0.4, 0.5) is 5.00 Å². The van der Waals surface area contributed by atoms with Crippen LogP contribution in [0.5, 0.6) is 0 Å². The number of esters is 1. The molecule has 1 aromatic heterocycles. The Bertz CT molecular complexity index is 869. The summed E-state index contributed by atoms with van der Waals surface area (Å²) in [6.07, 6.45) is 3.58. The van der Waals surface area contributed by atoms with Gasteiger partial charge in [-0.25, -0.2) is 4.79 Å². The van der Waals surface area contributed by atoms with E-state index in [2.05, 4.69) is 22.9 Å². The fourth-order valence-corrected chi connectivity index (χ4v) is 5.19. The molecule has 1 aliphatic heterocycles. The summed E-state index contributed by atoms with van der Waals surface area (Å²) in [4.78, 5) is 52.4. The number of thiophene rings is 1. The number of piperidine rings is 1. The number of carbonyl (C=O) groups is 4. The van der Waals surface area contributed by atoms with E-state index in [-0.39, 0.29) is 48.4 Å². The molecule has 10 heteroatoms. The second-order valence-corrected chi connectivity index (χ2v) is 9.40. The fraction of sp³-hybridized carbons (Fsp3) is 0.652. The summed E-state index contributed by atoms with van der Waals surface area (Å²) in [5, 5.41) is 8.70. The van der Waals surface area contributed by atoms with E-state index in [1.54, 1.807) is 13.8 Å². The van der Waals surface area contributed by atoms with Gasteiger partial charge in [0.1, 0.15) is 5.00 Å². The Labute approximate surface area is 199 Å². The lowest BCUT2D eigenvalue weighted by Gasteiger charge is -2.32. The summed E-state index contributed by atoms with van der Waals surface area (Å²) in [6.45, 7) is 8.97. The molecule has 2 heterocycles. The third-order valence-corrected chi connectivity index (χ3v) is 6.87. The lowest BCUT2D eigenvalue weighted by atomic mass is 9.96. The smallest absolute Gasteiger partial charge is 0.341 e. The molecule has 2 rings (SSSR count). The van der Waals surface area contributed by atoms with Crippen LogP contribution in [0.25, 0.3) is 0 Å². The maximum Gasteiger partial charge on any atom is 0.341 e. The molecule has 2 atom stereocenters. The molecule has 3 amide bonds. The molecule has 0 bridgehead atoms. The number of hydrogen-bond acceptors (Lipinski definition) is 7. The Morgan fingerprint density at radius 1 is 1.24 bits per heavy atom. The number of ether oxygens (including phenoxy) is 1. The van der Waals surface area contributed by atoms with Gasteiger partial charge in [-0.05, 0) is 52.1 Å². The fourth-order valence-electron chi connectivity index (χ4n) is 4.03. The first-order valence-corrected chi connectivity index (χ1v) is 12.4. The topological polar surface area (TPSA) is 117 Å². The van der Waals surface area contributed by atoms with Crippen molar-refractivity contribution < 1.29 is 23.9 Å². The average Bonchev–Trinajstić information content (AvgIpc) is 3.09. The van der Waals surface area contributed by atoms with Crippen molar-refractivity contribution in [3.05, 3.63) is 16.0 Å². The van der Waals surface area contributed by atoms with Crippen LogP contribution < -0.4 is 16.0 Å². The first-order valence-electron chi connectivity index (χ1n) is 11.6. The number of carbonyl (C=O) groups excluding carboxylic acids is 4. The quantitative estimate of drug-likeness (QED) is 0.443. The highest BCUT2D eigenvalue weighted by atomic mass is 32.1. The molecule has 1 aliphatic rings. The Morgan fingerprint density at radius 2 is 1.97 bits per heavy atom. The van der Waals surface area contributed by atoms with Gasteiger partial charge in [-0.2, -0.15) is 0 Å². The lowest BCUT2D eigenvalue weighted by molar-refractivity contribution is -0.128. The van der Waals surface area contributed by atoms with Gasteiger partial charge in [-0.15, -0.1) is 11.3 Å². The van der Waals surface area contributed by atoms with Gasteiger partial charge in [0.15, 0.2) is 0 Å². The molecule has 0 spiro atoms. The van der Waals surface area contributed by atoms with Gasteiger partial charge in [0.05, 0.1) is 29.5 Å². The molecule has 0 saturated carbocycles. The van der Waals surface area contributed by atoms with E-state index in [0.29, 0.717) is 22.0 Å². The van der Waals surface area contributed by atoms with Crippen molar-refractivity contribution in [2.45, 2.75) is 59.4 Å². The summed E-state index contributed by atoms with van der Waals surface area (Å²) in [5.41, 5.74) is 0.679. The van der Waals surface area contributed by atoms with Crippen molar-refractivity contribution in [3.8, 4) is 0 Å². The van der Waals surface area contributed by atoms with Gasteiger partial charge < -0.3 is 20.7 Å². The zero-order valence-corrected chi connectivity index (χ0v) is 21.0. The van der Waals surface area contributed by atoms with E-state index in [9.17, 15) is 19.2 Å². The number of likely N-dealkylation sites (tertiary alicyclic amines) is 1. The maximum absolute atomic E-state index is 12.8. The van der Waals surface area contributed by atoms with Crippen molar-refractivity contribution in [2.24, 2.45) is 5.92 Å². The molecule has 9 nitrogen and oxygen atoms in total. The predicted octanol–water partition coefficient (Wildman–Crippen LogP) is 2.55. The van der Waals surface area contributed by atoms with Crippen molar-refractivity contribution >= 4 is 40.0 Å². The van der Waals surface area contributed by atoms with Crippen LogP contribution >= 0.6 is 11.3 Å². The van der Waals surface area contributed by atoms with E-state index in [1.165, 1.54) is 7.05 Å². The van der Waals surface area contributed by atoms with Crippen LogP contribution in [0.3, 0.4) is 0 Å². The minimum Gasteiger partial charge on any atom is -0.462 e. The van der Waals surface area contributed by atoms with E-state index >= 15 is 0 Å². The first-order chi connectivity index (χ1) is 15.7. The molecular formula is C23H36N4O5S. The third kappa shape index (κ3) is 7.26. The van der Waals surface area contributed by atoms with Crippen LogP contribution in [0.15, 0.2) is 0 Å². The van der Waals surface area contributed by atoms with Gasteiger partial charge in [0.25, 0.3) is 5.91 Å². The number of rotatable bonds is 10. The molecule has 1 saturated heterocycles. The molecule has 184 valence electrons. The molecule has 1 aromatic rings. The molecule has 2 unspecified atom stereocenters. The van der Waals surface area contributed by atoms with Gasteiger partial charge in [-0.1, -0.05) is 13.3 Å². The van der Waals surface area contributed by atoms with Crippen molar-refractivity contribution in [1.29, 1.82) is 0 Å². The second kappa shape index (κ2) is 12.7. The van der Waals surface area contributed by atoms with Crippen molar-refractivity contribution in [1.82, 2.24) is 15.5 Å². The van der Waals surface area contributed by atoms with Crippen LogP contribution in [-0.4, -0.2) is 67.9 Å². The highest BCUT2D eigenvalue weighted by Gasteiger charge is 2.29. The summed E-state index contributed by atoms with van der Waals surface area (Å²) in [7, 11) is 1.51. The standard InChI is InChI=1S/C23H36N4O5S/c1-6-9-14(3)25-20(29)16-10-8-11-27(12-16)13-17(28)26-22-18(23(31)32-7-2)15(4)19(33-22)21(30)24-5/h14,16H,6-13H2,1-5H3,(H,24,30)(H,25,29)(H,26,28). The van der Waals surface area contributed by atoms with E-state index in [0.717, 1.165) is 43.6 Å². The SMILES string of the molecule is CCCC(C)NC(=O)C1CCCN(CC(=O)Nc2sc(C(=O)NC)c(C)c2C(=O)OCC)C1. The number of nitrogens with zero attached hydrogens (tertiary/aromatic N) is 1. The Hall–Kier alpha value is -2.46. The number of nitrogens with one attached hydrogen (secondary N) is 3. The molecule has 0 aromatic carbocycles. The van der Waals surface area contributed by atoms with E-state index in [4.69, 9.17) is 4.74 Å². The van der Waals surface area contributed by atoms with Crippen molar-refractivity contribution in [2.75, 3.05) is 38.6 Å².